The van der Waals surface area contributed by atoms with Crippen LogP contribution in [-0.2, 0) is 12.8 Å². The van der Waals surface area contributed by atoms with Crippen LogP contribution in [0, 0.1) is 0 Å². The average molecular weight is 280 g/mol. The molecule has 110 valence electrons. The molecule has 0 aliphatic carbocycles. The molecule has 0 bridgehead atoms. The molecule has 2 aromatic rings. The standard InChI is InChI=1S/C19H24N2/c1-2-20-14-7-15-21-18-10-5-3-8-16(18)12-13-17-9-4-6-11-19(17)21/h3-6,8-11,20H,2,7,12-15H2,1H3. The summed E-state index contributed by atoms with van der Waals surface area (Å²) in [5.74, 6) is 0. The molecule has 0 atom stereocenters. The van der Waals surface area contributed by atoms with Crippen molar-refractivity contribution >= 4 is 11.4 Å². The largest absolute Gasteiger partial charge is 0.341 e. The summed E-state index contributed by atoms with van der Waals surface area (Å²) >= 11 is 0. The van der Waals surface area contributed by atoms with Crippen LogP contribution in [0.25, 0.3) is 0 Å². The van der Waals surface area contributed by atoms with E-state index in [0.717, 1.165) is 38.9 Å². The van der Waals surface area contributed by atoms with Gasteiger partial charge in [0.05, 0.1) is 0 Å². The summed E-state index contributed by atoms with van der Waals surface area (Å²) in [5, 5.41) is 3.42. The lowest BCUT2D eigenvalue weighted by Gasteiger charge is -2.27. The third-order valence-electron chi connectivity index (χ3n) is 4.21. The van der Waals surface area contributed by atoms with E-state index in [1.54, 1.807) is 0 Å². The number of hydrogen-bond donors (Lipinski definition) is 1. The van der Waals surface area contributed by atoms with Gasteiger partial charge >= 0.3 is 0 Å². The van der Waals surface area contributed by atoms with Crippen LogP contribution < -0.4 is 10.2 Å². The fourth-order valence-electron chi connectivity index (χ4n) is 3.15. The molecule has 2 heteroatoms. The lowest BCUT2D eigenvalue weighted by Crippen LogP contribution is -2.24. The number of rotatable bonds is 5. The van der Waals surface area contributed by atoms with Gasteiger partial charge in [-0.2, -0.15) is 0 Å². The highest BCUT2D eigenvalue weighted by Crippen LogP contribution is 2.35. The van der Waals surface area contributed by atoms with Crippen LogP contribution in [0.3, 0.4) is 0 Å². The van der Waals surface area contributed by atoms with E-state index in [1.807, 2.05) is 0 Å². The number of nitrogens with one attached hydrogen (secondary N) is 1. The van der Waals surface area contributed by atoms with E-state index in [0.29, 0.717) is 0 Å². The maximum atomic E-state index is 3.42. The zero-order valence-corrected chi connectivity index (χ0v) is 12.8. The lowest BCUT2D eigenvalue weighted by molar-refractivity contribution is 0.673. The summed E-state index contributed by atoms with van der Waals surface area (Å²) in [6.45, 7) is 5.36. The first-order valence-corrected chi connectivity index (χ1v) is 8.04. The van der Waals surface area contributed by atoms with Crippen molar-refractivity contribution in [1.29, 1.82) is 0 Å². The minimum absolute atomic E-state index is 1.05. The van der Waals surface area contributed by atoms with Gasteiger partial charge in [-0.25, -0.2) is 0 Å². The second-order valence-corrected chi connectivity index (χ2v) is 5.62. The van der Waals surface area contributed by atoms with Crippen molar-refractivity contribution in [2.24, 2.45) is 0 Å². The number of aryl methyl sites for hydroxylation is 2. The first-order valence-electron chi connectivity index (χ1n) is 8.04. The van der Waals surface area contributed by atoms with Crippen LogP contribution in [0.2, 0.25) is 0 Å². The Morgan fingerprint density at radius 3 is 2.05 bits per heavy atom. The molecule has 3 rings (SSSR count). The van der Waals surface area contributed by atoms with Crippen molar-refractivity contribution < 1.29 is 0 Å². The van der Waals surface area contributed by atoms with Gasteiger partial charge < -0.3 is 10.2 Å². The quantitative estimate of drug-likeness (QED) is 0.835. The number of nitrogens with zero attached hydrogens (tertiary/aromatic N) is 1. The molecule has 2 aromatic carbocycles. The van der Waals surface area contributed by atoms with Crippen LogP contribution in [0.15, 0.2) is 48.5 Å². The van der Waals surface area contributed by atoms with E-state index in [9.17, 15) is 0 Å². The van der Waals surface area contributed by atoms with Crippen LogP contribution in [0.1, 0.15) is 24.5 Å². The Labute approximate surface area is 127 Å². The molecule has 0 unspecified atom stereocenters. The maximum absolute atomic E-state index is 3.42. The number of benzene rings is 2. The molecule has 0 amide bonds. The van der Waals surface area contributed by atoms with Crippen LogP contribution in [0.5, 0.6) is 0 Å². The summed E-state index contributed by atoms with van der Waals surface area (Å²) in [4.78, 5) is 2.51. The van der Waals surface area contributed by atoms with E-state index in [4.69, 9.17) is 0 Å². The van der Waals surface area contributed by atoms with Crippen molar-refractivity contribution in [3.05, 3.63) is 59.7 Å². The molecule has 0 fully saturated rings. The minimum atomic E-state index is 1.05. The fraction of sp³-hybridized carbons (Fsp3) is 0.368. The molecular weight excluding hydrogens is 256 g/mol. The Bertz CT molecular complexity index is 544. The highest BCUT2D eigenvalue weighted by molar-refractivity contribution is 5.71. The Balaban J connectivity index is 1.91. The van der Waals surface area contributed by atoms with E-state index in [2.05, 4.69) is 65.7 Å². The van der Waals surface area contributed by atoms with Crippen molar-refractivity contribution in [3.8, 4) is 0 Å². The van der Waals surface area contributed by atoms with Gasteiger partial charge in [-0.15, -0.1) is 0 Å². The third kappa shape index (κ3) is 3.11. The topological polar surface area (TPSA) is 15.3 Å². The highest BCUT2D eigenvalue weighted by atomic mass is 15.1. The summed E-state index contributed by atoms with van der Waals surface area (Å²) < 4.78 is 0. The van der Waals surface area contributed by atoms with Crippen molar-refractivity contribution in [1.82, 2.24) is 5.32 Å². The minimum Gasteiger partial charge on any atom is -0.341 e. The van der Waals surface area contributed by atoms with E-state index in [-0.39, 0.29) is 0 Å². The van der Waals surface area contributed by atoms with E-state index in [1.165, 1.54) is 22.5 Å². The summed E-state index contributed by atoms with van der Waals surface area (Å²) in [6, 6.07) is 17.7. The van der Waals surface area contributed by atoms with Crippen LogP contribution in [-0.4, -0.2) is 19.6 Å². The van der Waals surface area contributed by atoms with E-state index >= 15 is 0 Å². The SMILES string of the molecule is CCNCCCN1c2ccccc2CCc2ccccc21. The molecule has 0 saturated heterocycles. The van der Waals surface area contributed by atoms with Gasteiger partial charge in [-0.05, 0) is 55.6 Å². The smallest absolute Gasteiger partial charge is 0.0443 e. The van der Waals surface area contributed by atoms with Crippen molar-refractivity contribution in [3.63, 3.8) is 0 Å². The van der Waals surface area contributed by atoms with Crippen LogP contribution >= 0.6 is 0 Å². The summed E-state index contributed by atoms with van der Waals surface area (Å²) in [5.41, 5.74) is 5.71. The van der Waals surface area contributed by atoms with Crippen LogP contribution in [0.4, 0.5) is 11.4 Å². The second kappa shape index (κ2) is 6.77. The summed E-state index contributed by atoms with van der Waals surface area (Å²) in [6.07, 6.45) is 3.43. The Hall–Kier alpha value is -1.80. The Morgan fingerprint density at radius 2 is 1.48 bits per heavy atom. The molecule has 1 aliphatic rings. The molecular formula is C19H24N2. The molecule has 2 nitrogen and oxygen atoms in total. The van der Waals surface area contributed by atoms with Crippen molar-refractivity contribution in [2.45, 2.75) is 26.2 Å². The van der Waals surface area contributed by atoms with E-state index < -0.39 is 0 Å². The van der Waals surface area contributed by atoms with Crippen molar-refractivity contribution in [2.75, 3.05) is 24.5 Å². The zero-order chi connectivity index (χ0) is 14.5. The Kier molecular flexibility index (Phi) is 4.56. The molecule has 21 heavy (non-hydrogen) atoms. The summed E-state index contributed by atoms with van der Waals surface area (Å²) in [7, 11) is 0. The van der Waals surface area contributed by atoms with Gasteiger partial charge in [0.2, 0.25) is 0 Å². The monoisotopic (exact) mass is 280 g/mol. The maximum Gasteiger partial charge on any atom is 0.0443 e. The highest BCUT2D eigenvalue weighted by Gasteiger charge is 2.19. The molecule has 1 heterocycles. The van der Waals surface area contributed by atoms with Gasteiger partial charge in [0, 0.05) is 17.9 Å². The zero-order valence-electron chi connectivity index (χ0n) is 12.8. The average Bonchev–Trinajstić information content (AvgIpc) is 2.69. The van der Waals surface area contributed by atoms with Gasteiger partial charge in [0.1, 0.15) is 0 Å². The number of fused-ring (bicyclic) bond motifs is 2. The fourth-order valence-corrected chi connectivity index (χ4v) is 3.15. The normalized spacial score (nSPS) is 13.5. The molecule has 1 N–H and O–H groups in total. The molecule has 0 spiro atoms. The first-order chi connectivity index (χ1) is 10.4. The first kappa shape index (κ1) is 14.2. The molecule has 0 saturated carbocycles. The third-order valence-corrected chi connectivity index (χ3v) is 4.21. The van der Waals surface area contributed by atoms with Gasteiger partial charge in [0.15, 0.2) is 0 Å². The molecule has 0 radical (unpaired) electrons. The molecule has 1 aliphatic heterocycles. The number of anilines is 2. The number of para-hydroxylation sites is 2. The van der Waals surface area contributed by atoms with Gasteiger partial charge in [0.25, 0.3) is 0 Å². The second-order valence-electron chi connectivity index (χ2n) is 5.62. The van der Waals surface area contributed by atoms with Gasteiger partial charge in [-0.3, -0.25) is 0 Å². The lowest BCUT2D eigenvalue weighted by atomic mass is 10.0. The predicted octanol–water partition coefficient (Wildman–Crippen LogP) is 3.92. The Morgan fingerprint density at radius 1 is 0.905 bits per heavy atom. The number of hydrogen-bond acceptors (Lipinski definition) is 2. The van der Waals surface area contributed by atoms with Gasteiger partial charge in [-0.1, -0.05) is 43.3 Å². The molecule has 0 aromatic heterocycles. The predicted molar refractivity (Wildman–Crippen MR) is 90.5 cm³/mol.